The minimum atomic E-state index is -0.946. The van der Waals surface area contributed by atoms with Crippen molar-refractivity contribution in [1.29, 1.82) is 0 Å². The molecule has 0 aliphatic carbocycles. The van der Waals surface area contributed by atoms with Gasteiger partial charge < -0.3 is 10.6 Å². The van der Waals surface area contributed by atoms with Gasteiger partial charge in [0.2, 0.25) is 11.8 Å². The van der Waals surface area contributed by atoms with E-state index in [9.17, 15) is 18.4 Å². The number of anilines is 2. The number of amides is 2. The molecule has 2 aliphatic heterocycles. The van der Waals surface area contributed by atoms with Crippen LogP contribution in [0.1, 0.15) is 36.6 Å². The quantitative estimate of drug-likeness (QED) is 0.485. The number of rotatable bonds is 3. The smallest absolute Gasteiger partial charge is 0.255 e. The van der Waals surface area contributed by atoms with Crippen molar-refractivity contribution in [2.75, 3.05) is 10.6 Å². The van der Waals surface area contributed by atoms with E-state index in [4.69, 9.17) is 0 Å². The third-order valence-corrected chi connectivity index (χ3v) is 6.35. The number of halogens is 2. The molecule has 0 unspecified atom stereocenters. The zero-order valence-electron chi connectivity index (χ0n) is 17.9. The third kappa shape index (κ3) is 2.96. The molecule has 170 valence electrons. The van der Waals surface area contributed by atoms with Gasteiger partial charge in [0.25, 0.3) is 5.95 Å². The number of carbonyl (C=O) groups excluding carboxylic acids is 2. The van der Waals surface area contributed by atoms with E-state index in [1.54, 1.807) is 25.1 Å². The Balaban J connectivity index is 1.55. The van der Waals surface area contributed by atoms with Crippen LogP contribution in [0.25, 0.3) is 17.0 Å². The molecule has 0 bridgehead atoms. The summed E-state index contributed by atoms with van der Waals surface area (Å²) in [6.45, 7) is 1.75. The van der Waals surface area contributed by atoms with Gasteiger partial charge in [0.05, 0.1) is 28.4 Å². The maximum atomic E-state index is 14.3. The van der Waals surface area contributed by atoms with Gasteiger partial charge in [-0.2, -0.15) is 19.7 Å². The van der Waals surface area contributed by atoms with Gasteiger partial charge in [0.15, 0.2) is 0 Å². The summed E-state index contributed by atoms with van der Waals surface area (Å²) in [6, 6.07) is 7.52. The van der Waals surface area contributed by atoms with Crippen LogP contribution in [-0.4, -0.2) is 36.5 Å². The molecule has 0 saturated carbocycles. The summed E-state index contributed by atoms with van der Waals surface area (Å²) in [5, 5.41) is 10.0. The molecular weight excluding hydrogens is 444 g/mol. The van der Waals surface area contributed by atoms with E-state index in [0.29, 0.717) is 28.8 Å². The predicted octanol–water partition coefficient (Wildman–Crippen LogP) is 3.02. The van der Waals surface area contributed by atoms with Gasteiger partial charge in [0, 0.05) is 18.9 Å². The van der Waals surface area contributed by atoms with Crippen LogP contribution in [0.5, 0.6) is 0 Å². The van der Waals surface area contributed by atoms with E-state index < -0.39 is 17.0 Å². The minimum Gasteiger partial charge on any atom is -0.310 e. The SMILES string of the molecule is C[C@@]12CCC(=O)Nc3nc(-n4nc(Cc5ccccc5F)c5ncc(F)cc54)nc(c31)NC2=O. The van der Waals surface area contributed by atoms with Crippen LogP contribution in [0.15, 0.2) is 36.5 Å². The first kappa shape index (κ1) is 20.3. The van der Waals surface area contributed by atoms with Crippen molar-refractivity contribution in [3.05, 3.63) is 65.0 Å². The fraction of sp³-hybridized carbons (Fsp3) is 0.217. The summed E-state index contributed by atoms with van der Waals surface area (Å²) in [5.41, 5.74) is 0.991. The molecule has 34 heavy (non-hydrogen) atoms. The highest BCUT2D eigenvalue weighted by atomic mass is 19.1. The van der Waals surface area contributed by atoms with E-state index in [-0.39, 0.29) is 47.8 Å². The lowest BCUT2D eigenvalue weighted by Gasteiger charge is -2.19. The largest absolute Gasteiger partial charge is 0.310 e. The molecule has 11 heteroatoms. The first-order valence-electron chi connectivity index (χ1n) is 10.6. The Labute approximate surface area is 191 Å². The van der Waals surface area contributed by atoms with Crippen LogP contribution < -0.4 is 10.6 Å². The summed E-state index contributed by atoms with van der Waals surface area (Å²) in [4.78, 5) is 38.2. The van der Waals surface area contributed by atoms with Crippen molar-refractivity contribution < 1.29 is 18.4 Å². The first-order chi connectivity index (χ1) is 16.3. The van der Waals surface area contributed by atoms with Crippen LogP contribution in [0.4, 0.5) is 20.4 Å². The second-order valence-corrected chi connectivity index (χ2v) is 8.58. The Hall–Kier alpha value is -4.28. The molecule has 4 aromatic rings. The van der Waals surface area contributed by atoms with Crippen molar-refractivity contribution in [3.63, 3.8) is 0 Å². The number of aromatic nitrogens is 5. The minimum absolute atomic E-state index is 0.0117. The van der Waals surface area contributed by atoms with Gasteiger partial charge in [-0.25, -0.2) is 13.8 Å². The Morgan fingerprint density at radius 2 is 1.88 bits per heavy atom. The van der Waals surface area contributed by atoms with Crippen LogP contribution >= 0.6 is 0 Å². The Bertz CT molecular complexity index is 1530. The van der Waals surface area contributed by atoms with Gasteiger partial charge in [-0.05, 0) is 25.0 Å². The molecule has 6 rings (SSSR count). The molecule has 0 spiro atoms. The van der Waals surface area contributed by atoms with E-state index in [1.165, 1.54) is 16.8 Å². The fourth-order valence-electron chi connectivity index (χ4n) is 4.53. The molecular formula is C23H17F2N7O2. The van der Waals surface area contributed by atoms with E-state index >= 15 is 0 Å². The van der Waals surface area contributed by atoms with E-state index in [1.807, 2.05) is 0 Å². The Kier molecular flexibility index (Phi) is 4.25. The van der Waals surface area contributed by atoms with Crippen molar-refractivity contribution in [2.45, 2.75) is 31.6 Å². The third-order valence-electron chi connectivity index (χ3n) is 6.35. The molecule has 5 heterocycles. The van der Waals surface area contributed by atoms with E-state index in [2.05, 4.69) is 30.7 Å². The average molecular weight is 461 g/mol. The zero-order chi connectivity index (χ0) is 23.6. The van der Waals surface area contributed by atoms with Crippen molar-refractivity contribution in [3.8, 4) is 5.95 Å². The van der Waals surface area contributed by atoms with E-state index in [0.717, 1.165) is 6.20 Å². The molecule has 3 aromatic heterocycles. The number of nitrogens with one attached hydrogen (secondary N) is 2. The molecule has 9 nitrogen and oxygen atoms in total. The molecule has 0 radical (unpaired) electrons. The Morgan fingerprint density at radius 1 is 1.12 bits per heavy atom. The second-order valence-electron chi connectivity index (χ2n) is 8.58. The summed E-state index contributed by atoms with van der Waals surface area (Å²) < 4.78 is 29.7. The van der Waals surface area contributed by atoms with Gasteiger partial charge in [0.1, 0.15) is 28.8 Å². The monoisotopic (exact) mass is 461 g/mol. The van der Waals surface area contributed by atoms with Crippen molar-refractivity contribution in [1.82, 2.24) is 24.7 Å². The number of benzene rings is 1. The zero-order valence-corrected chi connectivity index (χ0v) is 17.9. The second kappa shape index (κ2) is 7.11. The van der Waals surface area contributed by atoms with Gasteiger partial charge in [-0.3, -0.25) is 9.59 Å². The summed E-state index contributed by atoms with van der Waals surface area (Å²) in [6.07, 6.45) is 1.64. The number of fused-ring (bicyclic) bond motifs is 1. The highest BCUT2D eigenvalue weighted by Gasteiger charge is 2.48. The topological polar surface area (TPSA) is 115 Å². The van der Waals surface area contributed by atoms with Crippen LogP contribution in [0.3, 0.4) is 0 Å². The molecule has 0 fully saturated rings. The summed E-state index contributed by atoms with van der Waals surface area (Å²) >= 11 is 0. The lowest BCUT2D eigenvalue weighted by molar-refractivity contribution is -0.121. The standard InChI is InChI=1S/C23H17F2N7O2/c1-23-7-6-16(33)27-19-17(23)20(28-21(23)34)30-22(29-19)32-15-9-12(24)10-26-18(15)14(31-32)8-11-4-2-3-5-13(11)25/h2-5,9-10H,6-8H2,1H3,(H2,27,28,29,30,33,34)/t23-/m1/s1. The lowest BCUT2D eigenvalue weighted by atomic mass is 9.81. The predicted molar refractivity (Wildman–Crippen MR) is 117 cm³/mol. The van der Waals surface area contributed by atoms with Gasteiger partial charge >= 0.3 is 0 Å². The Morgan fingerprint density at radius 3 is 2.68 bits per heavy atom. The number of nitrogens with zero attached hydrogens (tertiary/aromatic N) is 5. The highest BCUT2D eigenvalue weighted by Crippen LogP contribution is 2.45. The van der Waals surface area contributed by atoms with Crippen LogP contribution in [0, 0.1) is 11.6 Å². The van der Waals surface area contributed by atoms with Crippen molar-refractivity contribution >= 4 is 34.5 Å². The fourth-order valence-corrected chi connectivity index (χ4v) is 4.53. The molecule has 2 amide bonds. The highest BCUT2D eigenvalue weighted by molar-refractivity contribution is 6.09. The molecule has 2 aliphatic rings. The molecule has 0 saturated heterocycles. The maximum Gasteiger partial charge on any atom is 0.255 e. The summed E-state index contributed by atoms with van der Waals surface area (Å²) in [5.74, 6) is -1.06. The van der Waals surface area contributed by atoms with Crippen LogP contribution in [-0.2, 0) is 21.4 Å². The molecule has 1 atom stereocenters. The van der Waals surface area contributed by atoms with Crippen molar-refractivity contribution in [2.24, 2.45) is 0 Å². The number of hydrogen-bond acceptors (Lipinski definition) is 6. The summed E-state index contributed by atoms with van der Waals surface area (Å²) in [7, 11) is 0. The first-order valence-corrected chi connectivity index (χ1v) is 10.6. The van der Waals surface area contributed by atoms with Gasteiger partial charge in [-0.15, -0.1) is 0 Å². The normalized spacial score (nSPS) is 19.0. The van der Waals surface area contributed by atoms with Crippen LogP contribution in [0.2, 0.25) is 0 Å². The lowest BCUT2D eigenvalue weighted by Crippen LogP contribution is -2.30. The average Bonchev–Trinajstić information content (AvgIpc) is 3.23. The number of carbonyl (C=O) groups is 2. The number of hydrogen-bond donors (Lipinski definition) is 2. The van der Waals surface area contributed by atoms with Gasteiger partial charge in [-0.1, -0.05) is 18.2 Å². The number of pyridine rings is 1. The maximum absolute atomic E-state index is 14.3. The molecule has 2 N–H and O–H groups in total. The molecule has 1 aromatic carbocycles.